The van der Waals surface area contributed by atoms with Gasteiger partial charge in [0.2, 0.25) is 0 Å². The van der Waals surface area contributed by atoms with Crippen molar-refractivity contribution in [1.82, 2.24) is 18.3 Å². The molecule has 1 unspecified atom stereocenters. The Kier molecular flexibility index (Phi) is 15.9. The van der Waals surface area contributed by atoms with Gasteiger partial charge in [0.05, 0.1) is 66.9 Å². The van der Waals surface area contributed by atoms with Gasteiger partial charge in [-0.05, 0) is 205 Å². The molecule has 16 aromatic carbocycles. The van der Waals surface area contributed by atoms with E-state index in [4.69, 9.17) is 0 Å². The summed E-state index contributed by atoms with van der Waals surface area (Å²) in [5, 5.41) is 35.4. The average Bonchev–Trinajstić information content (AvgIpc) is 1.56. The molecule has 0 aliphatic heterocycles. The first kappa shape index (κ1) is 66.1. The predicted molar refractivity (Wildman–Crippen MR) is 471 cm³/mol. The Bertz CT molecular complexity index is 7120. The fraction of sp³-hybridized carbons (Fsp3) is 0.0280. The van der Waals surface area contributed by atoms with Crippen molar-refractivity contribution >= 4 is 92.8 Å². The number of benzene rings is 16. The molecule has 0 fully saturated rings. The molecule has 1 aliphatic rings. The molecule has 1 atom stereocenters. The third-order valence-electron chi connectivity index (χ3n) is 23.3. The van der Waals surface area contributed by atoms with Gasteiger partial charge in [-0.25, -0.2) is 0 Å². The quantitative estimate of drug-likeness (QED) is 0.102. The van der Waals surface area contributed by atoms with Gasteiger partial charge in [-0.1, -0.05) is 285 Å². The summed E-state index contributed by atoms with van der Waals surface area (Å²) in [6, 6.07) is 135. The topological polar surface area (TPSA) is 67.3 Å². The molecule has 0 spiro atoms. The summed E-state index contributed by atoms with van der Waals surface area (Å²) >= 11 is 0. The van der Waals surface area contributed by atoms with Crippen molar-refractivity contribution < 1.29 is 0 Å². The lowest BCUT2D eigenvalue weighted by Gasteiger charge is -2.27. The summed E-state index contributed by atoms with van der Waals surface area (Å²) in [7, 11) is 0. The number of rotatable bonds is 14. The zero-order valence-electron chi connectivity index (χ0n) is 61.8. The second-order valence-electron chi connectivity index (χ2n) is 29.7. The molecule has 0 amide bonds. The summed E-state index contributed by atoms with van der Waals surface area (Å²) in [6.07, 6.45) is 10.8. The maximum atomic E-state index is 13.8. The lowest BCUT2D eigenvalue weighted by molar-refractivity contribution is 0.672. The fourth-order valence-electron chi connectivity index (χ4n) is 18.0. The zero-order valence-corrected chi connectivity index (χ0v) is 61.8. The van der Waals surface area contributed by atoms with Crippen molar-refractivity contribution in [2.75, 3.05) is 0 Å². The van der Waals surface area contributed by atoms with E-state index in [1.807, 2.05) is 6.08 Å². The fourth-order valence-corrected chi connectivity index (χ4v) is 18.0. The van der Waals surface area contributed by atoms with Crippen molar-refractivity contribution in [2.24, 2.45) is 5.92 Å². The van der Waals surface area contributed by atoms with E-state index in [9.17, 15) is 10.5 Å². The number of aromatic nitrogens is 4. The van der Waals surface area contributed by atoms with Crippen LogP contribution in [-0.4, -0.2) is 18.3 Å². The van der Waals surface area contributed by atoms with Gasteiger partial charge in [0.15, 0.2) is 0 Å². The molecule has 6 nitrogen and oxygen atoms in total. The Morgan fingerprint density at radius 1 is 0.265 bits per heavy atom. The summed E-state index contributed by atoms with van der Waals surface area (Å²) in [5.74, 6) is 0.303. The molecular weight excluding hydrogens is 1370 g/mol. The summed E-state index contributed by atoms with van der Waals surface area (Å²) in [6.45, 7) is 4.16. The number of hydrogen-bond donors (Lipinski definition) is 0. The molecule has 0 saturated heterocycles. The molecule has 20 aromatic rings. The molecule has 0 radical (unpaired) electrons. The van der Waals surface area contributed by atoms with Crippen molar-refractivity contribution in [3.8, 4) is 113 Å². The number of hydrogen-bond acceptors (Lipinski definition) is 2. The highest BCUT2D eigenvalue weighted by atomic mass is 15.1. The van der Waals surface area contributed by atoms with Crippen molar-refractivity contribution in [2.45, 2.75) is 12.8 Å². The van der Waals surface area contributed by atoms with Gasteiger partial charge in [-0.2, -0.15) is 10.5 Å². The summed E-state index contributed by atoms with van der Waals surface area (Å²) < 4.78 is 9.33. The van der Waals surface area contributed by atoms with E-state index >= 15 is 0 Å². The molecule has 113 heavy (non-hydrogen) atoms. The van der Waals surface area contributed by atoms with E-state index in [-0.39, 0.29) is 0 Å². The number of nitriles is 2. The van der Waals surface area contributed by atoms with E-state index in [2.05, 4.69) is 413 Å². The Morgan fingerprint density at radius 2 is 0.469 bits per heavy atom. The first-order chi connectivity index (χ1) is 55.9. The van der Waals surface area contributed by atoms with Crippen LogP contribution >= 0.6 is 0 Å². The van der Waals surface area contributed by atoms with Gasteiger partial charge >= 0.3 is 0 Å². The smallest absolute Gasteiger partial charge is 0.104 e. The third-order valence-corrected chi connectivity index (χ3v) is 23.3. The van der Waals surface area contributed by atoms with E-state index in [1.165, 1.54) is 0 Å². The second kappa shape index (κ2) is 27.2. The van der Waals surface area contributed by atoms with E-state index < -0.39 is 0 Å². The molecule has 21 rings (SSSR count). The number of nitrogens with zero attached hydrogens (tertiary/aromatic N) is 6. The van der Waals surface area contributed by atoms with Crippen molar-refractivity contribution in [3.63, 3.8) is 0 Å². The molecule has 4 aromatic heterocycles. The van der Waals surface area contributed by atoms with Crippen LogP contribution in [0.3, 0.4) is 0 Å². The summed E-state index contributed by atoms with van der Waals surface area (Å²) in [5.41, 5.74) is 27.0. The van der Waals surface area contributed by atoms with Crippen LogP contribution in [-0.2, 0) is 0 Å². The van der Waals surface area contributed by atoms with Gasteiger partial charge < -0.3 is 18.3 Å². The van der Waals surface area contributed by atoms with Gasteiger partial charge in [-0.3, -0.25) is 0 Å². The number of allylic oxidation sites excluding steroid dienone is 5. The van der Waals surface area contributed by atoms with Crippen LogP contribution in [0.2, 0.25) is 0 Å². The van der Waals surface area contributed by atoms with Crippen molar-refractivity contribution in [3.05, 3.63) is 405 Å². The predicted octanol–water partition coefficient (Wildman–Crippen LogP) is 28.0. The lowest BCUT2D eigenvalue weighted by atomic mass is 9.90. The minimum Gasteiger partial charge on any atom is -0.306 e. The summed E-state index contributed by atoms with van der Waals surface area (Å²) in [4.78, 5) is 0. The Hall–Kier alpha value is -15.1. The number of fused-ring (bicyclic) bond motifs is 12. The lowest BCUT2D eigenvalue weighted by Crippen LogP contribution is -2.16. The standard InChI is InChI=1S/C107H70N6/c1-2-25-69-26-24-41-77(58-69)85-49-57-103-93(66-85)92-65-84(76-39-22-9-23-40-76)48-56-102(92)113(103)107-95(68-109)105(111-98-52-44-80(72-31-14-5-15-32-72)61-88(98)89-62-81(45-53-99(89)111)73-33-16-6-17-34-73)104(110-96-50-42-78(70-27-10-3-11-28-70)59-86(96)87-60-79(43-51-97(87)110)71-29-12-4-13-30-71)94(67-108)106(107)112-100-54-46-82(74-35-18-7-19-36-74)63-90(100)91-64-83(47-55-101(91)112)75-37-20-8-21-38-75/h2-24,27-66,69H,1,25-26H2. The van der Waals surface area contributed by atoms with Crippen LogP contribution in [0.25, 0.3) is 193 Å². The molecule has 0 N–H and O–H groups in total. The minimum absolute atomic E-state index is 0.303. The highest BCUT2D eigenvalue weighted by Crippen LogP contribution is 2.52. The van der Waals surface area contributed by atoms with Gasteiger partial charge in [-0.15, -0.1) is 6.58 Å². The Labute approximate surface area is 654 Å². The SMILES string of the molecule is C=CCC1C=C(c2ccc3c(c2)c2cc(-c4ccccc4)ccc2n3-c2c(C#N)c(-n3c4ccc(-c5ccccc5)cc4c4cc(-c5ccccc5)ccc43)c(-n3c4ccc(-c5ccccc5)cc4c4cc(-c5ccccc5)ccc43)c(C#N)c2-n2c3ccc(-c4ccccc4)cc3c3cc(-c4ccccc4)ccc32)C=CC1. The maximum Gasteiger partial charge on any atom is 0.104 e. The van der Waals surface area contributed by atoms with Crippen LogP contribution in [0, 0.1) is 28.6 Å². The van der Waals surface area contributed by atoms with Gasteiger partial charge in [0, 0.05) is 43.1 Å². The van der Waals surface area contributed by atoms with Crippen LogP contribution in [0.1, 0.15) is 29.5 Å². The monoisotopic (exact) mass is 1440 g/mol. The molecule has 4 heterocycles. The van der Waals surface area contributed by atoms with Crippen LogP contribution < -0.4 is 0 Å². The highest BCUT2D eigenvalue weighted by Gasteiger charge is 2.36. The first-order valence-corrected chi connectivity index (χ1v) is 38.7. The largest absolute Gasteiger partial charge is 0.306 e. The highest BCUT2D eigenvalue weighted by molar-refractivity contribution is 6.18. The Morgan fingerprint density at radius 3 is 0.673 bits per heavy atom. The molecule has 0 saturated carbocycles. The van der Waals surface area contributed by atoms with Gasteiger partial charge in [0.25, 0.3) is 0 Å². The normalized spacial score (nSPS) is 12.9. The Balaban J connectivity index is 0.996. The van der Waals surface area contributed by atoms with Crippen LogP contribution in [0.4, 0.5) is 0 Å². The molecular formula is C107H70N6. The van der Waals surface area contributed by atoms with Crippen LogP contribution in [0.15, 0.2) is 389 Å². The first-order valence-electron chi connectivity index (χ1n) is 38.7. The van der Waals surface area contributed by atoms with Gasteiger partial charge in [0.1, 0.15) is 23.3 Å². The minimum atomic E-state index is 0.303. The zero-order chi connectivity index (χ0) is 75.2. The molecule has 0 bridgehead atoms. The van der Waals surface area contributed by atoms with Crippen LogP contribution in [0.5, 0.6) is 0 Å². The van der Waals surface area contributed by atoms with E-state index in [1.54, 1.807) is 0 Å². The second-order valence-corrected chi connectivity index (χ2v) is 29.7. The average molecular weight is 1440 g/mol. The van der Waals surface area contributed by atoms with E-state index in [0.717, 1.165) is 189 Å². The molecule has 1 aliphatic carbocycles. The van der Waals surface area contributed by atoms with E-state index in [0.29, 0.717) is 39.8 Å². The molecule has 528 valence electrons. The third kappa shape index (κ3) is 11.0. The maximum absolute atomic E-state index is 13.8. The van der Waals surface area contributed by atoms with Crippen molar-refractivity contribution in [1.29, 1.82) is 10.5 Å². The molecule has 6 heteroatoms.